The number of aromatic amines is 1. The largest absolute Gasteiger partial charge is 0.497 e. The lowest BCUT2D eigenvalue weighted by atomic mass is 10.1. The predicted molar refractivity (Wildman–Crippen MR) is 165 cm³/mol. The highest BCUT2D eigenvalue weighted by Gasteiger charge is 2.14. The predicted octanol–water partition coefficient (Wildman–Crippen LogP) is 4.18. The molecule has 1 amide bonds. The maximum Gasteiger partial charge on any atom is 0.234 e. The summed E-state index contributed by atoms with van der Waals surface area (Å²) in [7, 11) is 1.65. The highest BCUT2D eigenvalue weighted by Crippen LogP contribution is 2.16. The van der Waals surface area contributed by atoms with E-state index in [2.05, 4.69) is 67.6 Å². The number of amides is 1. The van der Waals surface area contributed by atoms with Gasteiger partial charge in [0.25, 0.3) is 0 Å². The van der Waals surface area contributed by atoms with Gasteiger partial charge in [0.05, 0.1) is 32.8 Å². The molecule has 5 aromatic rings. The van der Waals surface area contributed by atoms with E-state index in [1.807, 2.05) is 54.7 Å². The molecule has 42 heavy (non-hydrogen) atoms. The lowest BCUT2D eigenvalue weighted by Crippen LogP contribution is -2.36. The average molecular weight is 569 g/mol. The second-order valence-corrected chi connectivity index (χ2v) is 10.2. The molecular weight excluding hydrogens is 528 g/mol. The van der Waals surface area contributed by atoms with Crippen molar-refractivity contribution in [1.82, 2.24) is 30.4 Å². The number of hydrogen-bond acceptors (Lipinski definition) is 6. The number of H-pyrrole nitrogens is 1. The number of aliphatic hydroxyl groups excluding tert-OH is 1. The summed E-state index contributed by atoms with van der Waals surface area (Å²) in [5.74, 6) is 2.23. The van der Waals surface area contributed by atoms with Gasteiger partial charge < -0.3 is 30.0 Å². The van der Waals surface area contributed by atoms with Crippen molar-refractivity contribution < 1.29 is 14.6 Å². The summed E-state index contributed by atoms with van der Waals surface area (Å²) in [6.45, 7) is 5.17. The summed E-state index contributed by atoms with van der Waals surface area (Å²) in [6, 6.07) is 26.5. The monoisotopic (exact) mass is 568 g/mol. The van der Waals surface area contributed by atoms with Crippen LogP contribution < -0.4 is 15.4 Å². The molecule has 0 aliphatic heterocycles. The number of benzene rings is 3. The van der Waals surface area contributed by atoms with Gasteiger partial charge in [-0.25, -0.2) is 0 Å². The molecule has 9 heteroatoms. The first-order valence-electron chi connectivity index (χ1n) is 14.2. The van der Waals surface area contributed by atoms with Crippen LogP contribution in [0.5, 0.6) is 5.75 Å². The van der Waals surface area contributed by atoms with Crippen LogP contribution in [0.25, 0.3) is 10.9 Å². The molecule has 0 fully saturated rings. The van der Waals surface area contributed by atoms with E-state index in [-0.39, 0.29) is 19.0 Å². The first kappa shape index (κ1) is 30.5. The van der Waals surface area contributed by atoms with Gasteiger partial charge >= 0.3 is 0 Å². The summed E-state index contributed by atoms with van der Waals surface area (Å²) < 4.78 is 7.31. The molecule has 220 valence electrons. The minimum atomic E-state index is -0.498. The number of aryl methyl sites for hydroxylation is 3. The van der Waals surface area contributed by atoms with E-state index in [4.69, 9.17) is 4.74 Å². The molecule has 0 saturated heterocycles. The van der Waals surface area contributed by atoms with Gasteiger partial charge in [-0.1, -0.05) is 60.7 Å². The molecule has 1 unspecified atom stereocenters. The fraction of sp³-hybridized carbons (Fsp3) is 0.303. The maximum atomic E-state index is 12.1. The summed E-state index contributed by atoms with van der Waals surface area (Å²) in [5.41, 5.74) is 4.87. The number of fused-ring (bicyclic) bond motifs is 1. The van der Waals surface area contributed by atoms with Crippen molar-refractivity contribution in [2.24, 2.45) is 0 Å². The summed E-state index contributed by atoms with van der Waals surface area (Å²) in [5, 5.41) is 25.2. The number of aromatic nitrogens is 4. The van der Waals surface area contributed by atoms with Crippen molar-refractivity contribution in [2.75, 3.05) is 20.2 Å². The fourth-order valence-corrected chi connectivity index (χ4v) is 4.54. The number of hydrogen-bond donors (Lipinski definition) is 4. The van der Waals surface area contributed by atoms with Crippen LogP contribution in [-0.2, 0) is 30.7 Å². The van der Waals surface area contributed by atoms with E-state index >= 15 is 0 Å². The number of rotatable bonds is 12. The van der Waals surface area contributed by atoms with Crippen LogP contribution in [0, 0.1) is 6.92 Å². The zero-order valence-electron chi connectivity index (χ0n) is 24.5. The van der Waals surface area contributed by atoms with Crippen LogP contribution in [0.1, 0.15) is 35.3 Å². The Labute approximate surface area is 247 Å². The quantitative estimate of drug-likeness (QED) is 0.179. The van der Waals surface area contributed by atoms with Gasteiger partial charge in [0.1, 0.15) is 11.6 Å². The van der Waals surface area contributed by atoms with Crippen molar-refractivity contribution in [3.8, 4) is 5.75 Å². The van der Waals surface area contributed by atoms with E-state index in [0.29, 0.717) is 18.9 Å². The number of carbonyl (C=O) groups is 1. The van der Waals surface area contributed by atoms with E-state index in [0.717, 1.165) is 30.0 Å². The van der Waals surface area contributed by atoms with Gasteiger partial charge in [-0.3, -0.25) is 4.79 Å². The molecule has 0 spiro atoms. The first-order valence-corrected chi connectivity index (χ1v) is 14.2. The molecule has 4 N–H and O–H groups in total. The standard InChI is InChI=1S/C24H31N5O3.C9H9N/c1-18(30)14-25-16-24(31)26-15-23-28-27-22(13-10-19-6-4-3-5-7-19)29(23)17-20-8-11-21(32-2)12-9-20;1-7-6-10-9-5-3-2-4-8(7)9/h3-9,11-12,18,25,30H,10,13-17H2,1-2H3,(H,26,31);2-6,10H,1H3. The number of methoxy groups -OCH3 is 1. The number of nitrogens with zero attached hydrogens (tertiary/aromatic N) is 3. The Kier molecular flexibility index (Phi) is 11.3. The normalized spacial score (nSPS) is 11.5. The summed E-state index contributed by atoms with van der Waals surface area (Å²) in [4.78, 5) is 15.3. The van der Waals surface area contributed by atoms with Crippen molar-refractivity contribution in [1.29, 1.82) is 0 Å². The molecule has 3 aromatic carbocycles. The van der Waals surface area contributed by atoms with Crippen LogP contribution in [0.2, 0.25) is 0 Å². The topological polar surface area (TPSA) is 117 Å². The highest BCUT2D eigenvalue weighted by molar-refractivity contribution is 5.82. The number of aliphatic hydroxyl groups is 1. The third-order valence-corrected chi connectivity index (χ3v) is 6.85. The second-order valence-electron chi connectivity index (χ2n) is 10.2. The zero-order valence-corrected chi connectivity index (χ0v) is 24.5. The molecule has 0 bridgehead atoms. The van der Waals surface area contributed by atoms with E-state index in [1.54, 1.807) is 14.0 Å². The fourth-order valence-electron chi connectivity index (χ4n) is 4.54. The van der Waals surface area contributed by atoms with Gasteiger partial charge in [-0.15, -0.1) is 10.2 Å². The number of para-hydroxylation sites is 1. The summed E-state index contributed by atoms with van der Waals surface area (Å²) >= 11 is 0. The number of nitrogens with one attached hydrogen (secondary N) is 3. The number of carbonyl (C=O) groups excluding carboxylic acids is 1. The first-order chi connectivity index (χ1) is 20.4. The minimum Gasteiger partial charge on any atom is -0.497 e. The average Bonchev–Trinajstić information content (AvgIpc) is 3.58. The zero-order chi connectivity index (χ0) is 29.7. The van der Waals surface area contributed by atoms with Crippen LogP contribution in [0.3, 0.4) is 0 Å². The van der Waals surface area contributed by atoms with E-state index in [9.17, 15) is 9.90 Å². The Morgan fingerprint density at radius 3 is 2.38 bits per heavy atom. The molecule has 1 atom stereocenters. The molecule has 2 heterocycles. The van der Waals surface area contributed by atoms with E-state index < -0.39 is 6.10 Å². The summed E-state index contributed by atoms with van der Waals surface area (Å²) in [6.07, 6.45) is 3.14. The Hall–Kier alpha value is -4.47. The molecule has 0 saturated carbocycles. The molecule has 9 nitrogen and oxygen atoms in total. The third kappa shape index (κ3) is 9.02. The van der Waals surface area contributed by atoms with E-state index in [1.165, 1.54) is 22.0 Å². The SMILES string of the molecule is COc1ccc(Cn2c(CCc3ccccc3)nnc2CNC(=O)CNCC(C)O)cc1.Cc1c[nH]c2ccccc12. The van der Waals surface area contributed by atoms with Crippen LogP contribution >= 0.6 is 0 Å². The lowest BCUT2D eigenvalue weighted by molar-refractivity contribution is -0.120. The van der Waals surface area contributed by atoms with Crippen molar-refractivity contribution in [3.05, 3.63) is 113 Å². The van der Waals surface area contributed by atoms with Crippen LogP contribution in [0.15, 0.2) is 85.1 Å². The van der Waals surface area contributed by atoms with Crippen molar-refractivity contribution in [3.63, 3.8) is 0 Å². The molecule has 0 aliphatic carbocycles. The lowest BCUT2D eigenvalue weighted by Gasteiger charge is -2.12. The van der Waals surface area contributed by atoms with Crippen LogP contribution in [-0.4, -0.2) is 57.1 Å². The van der Waals surface area contributed by atoms with Crippen molar-refractivity contribution in [2.45, 2.75) is 45.9 Å². The maximum absolute atomic E-state index is 12.1. The molecular formula is C33H40N6O3. The Bertz CT molecular complexity index is 1530. The Morgan fingerprint density at radius 1 is 0.952 bits per heavy atom. The van der Waals surface area contributed by atoms with Gasteiger partial charge in [0.15, 0.2) is 5.82 Å². The molecule has 5 rings (SSSR count). The van der Waals surface area contributed by atoms with Crippen molar-refractivity contribution >= 4 is 16.8 Å². The highest BCUT2D eigenvalue weighted by atomic mass is 16.5. The van der Waals surface area contributed by atoms with Crippen LogP contribution in [0.4, 0.5) is 0 Å². The van der Waals surface area contributed by atoms with Gasteiger partial charge in [-0.2, -0.15) is 0 Å². The Morgan fingerprint density at radius 2 is 1.67 bits per heavy atom. The second kappa shape index (κ2) is 15.5. The molecule has 2 aromatic heterocycles. The van der Waals surface area contributed by atoms with Gasteiger partial charge in [0, 0.05) is 30.1 Å². The number of ether oxygens (including phenoxy) is 1. The molecule has 0 aliphatic rings. The molecule has 0 radical (unpaired) electrons. The minimum absolute atomic E-state index is 0.137. The van der Waals surface area contributed by atoms with Gasteiger partial charge in [-0.05, 0) is 55.2 Å². The Balaban J connectivity index is 0.000000337. The van der Waals surface area contributed by atoms with Gasteiger partial charge in [0.2, 0.25) is 5.91 Å². The third-order valence-electron chi connectivity index (χ3n) is 6.85. The smallest absolute Gasteiger partial charge is 0.234 e.